The van der Waals surface area contributed by atoms with E-state index in [4.69, 9.17) is 4.74 Å². The molecule has 80 valence electrons. The molecule has 0 amide bonds. The maximum absolute atomic E-state index is 9.24. The molecule has 2 heteroatoms. The molecule has 1 N–H and O–H groups in total. The molecule has 0 fully saturated rings. The number of rotatable bonds is 2. The molecular formula is C13H16O2. The van der Waals surface area contributed by atoms with Gasteiger partial charge < -0.3 is 9.84 Å². The smallest absolute Gasteiger partial charge is 0.108 e. The molecule has 2 atom stereocenters. The molecule has 0 saturated carbocycles. The van der Waals surface area contributed by atoms with Crippen molar-refractivity contribution in [2.24, 2.45) is 0 Å². The van der Waals surface area contributed by atoms with Gasteiger partial charge in [0.1, 0.15) is 11.7 Å². The highest BCUT2D eigenvalue weighted by Gasteiger charge is 2.34. The Bertz CT molecular complexity index is 369. The molecule has 1 aliphatic rings. The zero-order valence-corrected chi connectivity index (χ0v) is 9.10. The Morgan fingerprint density at radius 3 is 2.53 bits per heavy atom. The van der Waals surface area contributed by atoms with E-state index in [-0.39, 0.29) is 12.7 Å². The zero-order chi connectivity index (χ0) is 10.9. The Morgan fingerprint density at radius 2 is 2.00 bits per heavy atom. The second-order valence-corrected chi connectivity index (χ2v) is 4.27. The maximum Gasteiger partial charge on any atom is 0.108 e. The average molecular weight is 204 g/mol. The standard InChI is InChI=1S/C13H16O2/c1-10-8-13(2,9-14)15-12(10)11-6-4-3-5-7-11/h3-8,12,14H,9H2,1-2H3. The van der Waals surface area contributed by atoms with Crippen molar-refractivity contribution >= 4 is 0 Å². The van der Waals surface area contributed by atoms with Crippen LogP contribution in [0.5, 0.6) is 0 Å². The highest BCUT2D eigenvalue weighted by Crippen LogP contribution is 2.38. The van der Waals surface area contributed by atoms with E-state index in [1.807, 2.05) is 50.3 Å². The molecule has 15 heavy (non-hydrogen) atoms. The summed E-state index contributed by atoms with van der Waals surface area (Å²) in [6, 6.07) is 10.1. The van der Waals surface area contributed by atoms with Gasteiger partial charge in [0, 0.05) is 0 Å². The SMILES string of the molecule is CC1=CC(C)(CO)OC1c1ccccc1. The van der Waals surface area contributed by atoms with Gasteiger partial charge in [-0.15, -0.1) is 0 Å². The summed E-state index contributed by atoms with van der Waals surface area (Å²) in [5.74, 6) is 0. The Morgan fingerprint density at radius 1 is 1.33 bits per heavy atom. The summed E-state index contributed by atoms with van der Waals surface area (Å²) in [5, 5.41) is 9.24. The fourth-order valence-electron chi connectivity index (χ4n) is 2.00. The fraction of sp³-hybridized carbons (Fsp3) is 0.385. The van der Waals surface area contributed by atoms with Gasteiger partial charge in [0.05, 0.1) is 6.61 Å². The Kier molecular flexibility index (Phi) is 2.63. The van der Waals surface area contributed by atoms with Gasteiger partial charge in [-0.3, -0.25) is 0 Å². The molecule has 0 bridgehead atoms. The van der Waals surface area contributed by atoms with Crippen molar-refractivity contribution in [3.8, 4) is 0 Å². The molecule has 0 spiro atoms. The number of aliphatic hydroxyl groups is 1. The third-order valence-corrected chi connectivity index (χ3v) is 2.75. The van der Waals surface area contributed by atoms with E-state index >= 15 is 0 Å². The minimum Gasteiger partial charge on any atom is -0.393 e. The van der Waals surface area contributed by atoms with Crippen LogP contribution in [0.25, 0.3) is 0 Å². The molecule has 0 aromatic heterocycles. The maximum atomic E-state index is 9.24. The number of ether oxygens (including phenoxy) is 1. The van der Waals surface area contributed by atoms with Crippen molar-refractivity contribution in [2.75, 3.05) is 6.61 Å². The van der Waals surface area contributed by atoms with Gasteiger partial charge >= 0.3 is 0 Å². The van der Waals surface area contributed by atoms with E-state index in [0.717, 1.165) is 11.1 Å². The first-order valence-corrected chi connectivity index (χ1v) is 5.17. The van der Waals surface area contributed by atoms with Crippen LogP contribution in [-0.2, 0) is 4.74 Å². The Hall–Kier alpha value is -1.12. The number of benzene rings is 1. The summed E-state index contributed by atoms with van der Waals surface area (Å²) >= 11 is 0. The average Bonchev–Trinajstić information content (AvgIpc) is 2.57. The second kappa shape index (κ2) is 3.80. The first-order chi connectivity index (χ1) is 7.14. The quantitative estimate of drug-likeness (QED) is 0.750. The van der Waals surface area contributed by atoms with E-state index < -0.39 is 5.60 Å². The van der Waals surface area contributed by atoms with Gasteiger partial charge in [0.2, 0.25) is 0 Å². The predicted octanol–water partition coefficient (Wildman–Crippen LogP) is 2.46. The fourth-order valence-corrected chi connectivity index (χ4v) is 2.00. The van der Waals surface area contributed by atoms with Gasteiger partial charge in [-0.05, 0) is 31.1 Å². The topological polar surface area (TPSA) is 29.5 Å². The summed E-state index contributed by atoms with van der Waals surface area (Å²) in [6.07, 6.45) is 1.99. The highest BCUT2D eigenvalue weighted by atomic mass is 16.5. The predicted molar refractivity (Wildman–Crippen MR) is 59.5 cm³/mol. The van der Waals surface area contributed by atoms with Gasteiger partial charge in [0.15, 0.2) is 0 Å². The number of hydrogen-bond acceptors (Lipinski definition) is 2. The van der Waals surface area contributed by atoms with E-state index in [0.29, 0.717) is 0 Å². The van der Waals surface area contributed by atoms with E-state index in [2.05, 4.69) is 0 Å². The molecular weight excluding hydrogens is 188 g/mol. The van der Waals surface area contributed by atoms with Crippen LogP contribution in [0.15, 0.2) is 42.0 Å². The highest BCUT2D eigenvalue weighted by molar-refractivity contribution is 5.30. The van der Waals surface area contributed by atoms with Gasteiger partial charge in [-0.1, -0.05) is 30.3 Å². The summed E-state index contributed by atoms with van der Waals surface area (Å²) in [7, 11) is 0. The Labute approximate surface area is 90.2 Å². The molecule has 0 saturated heterocycles. The van der Waals surface area contributed by atoms with Gasteiger partial charge in [-0.25, -0.2) is 0 Å². The normalized spacial score (nSPS) is 30.3. The van der Waals surface area contributed by atoms with Crippen LogP contribution in [0, 0.1) is 0 Å². The van der Waals surface area contributed by atoms with E-state index in [1.165, 1.54) is 0 Å². The van der Waals surface area contributed by atoms with E-state index in [1.54, 1.807) is 0 Å². The van der Waals surface area contributed by atoms with Crippen molar-refractivity contribution in [1.29, 1.82) is 0 Å². The first-order valence-electron chi connectivity index (χ1n) is 5.17. The molecule has 2 rings (SSSR count). The number of aliphatic hydroxyl groups excluding tert-OH is 1. The summed E-state index contributed by atoms with van der Waals surface area (Å²) in [5.41, 5.74) is 1.78. The lowest BCUT2D eigenvalue weighted by Gasteiger charge is -2.22. The molecule has 2 unspecified atom stereocenters. The van der Waals surface area contributed by atoms with Crippen LogP contribution >= 0.6 is 0 Å². The van der Waals surface area contributed by atoms with Crippen LogP contribution in [-0.4, -0.2) is 17.3 Å². The van der Waals surface area contributed by atoms with Crippen LogP contribution in [0.3, 0.4) is 0 Å². The molecule has 1 aromatic rings. The minimum absolute atomic E-state index is 0.0108. The Balaban J connectivity index is 2.26. The van der Waals surface area contributed by atoms with Crippen LogP contribution in [0.2, 0.25) is 0 Å². The van der Waals surface area contributed by atoms with Crippen LogP contribution in [0.1, 0.15) is 25.5 Å². The molecule has 2 nitrogen and oxygen atoms in total. The van der Waals surface area contributed by atoms with E-state index in [9.17, 15) is 5.11 Å². The molecule has 0 aliphatic carbocycles. The summed E-state index contributed by atoms with van der Waals surface area (Å²) < 4.78 is 5.85. The number of hydrogen-bond donors (Lipinski definition) is 1. The van der Waals surface area contributed by atoms with Crippen molar-refractivity contribution in [1.82, 2.24) is 0 Å². The van der Waals surface area contributed by atoms with Gasteiger partial charge in [0.25, 0.3) is 0 Å². The summed E-state index contributed by atoms with van der Waals surface area (Å²) in [4.78, 5) is 0. The lowest BCUT2D eigenvalue weighted by molar-refractivity contribution is -0.0475. The summed E-state index contributed by atoms with van der Waals surface area (Å²) in [6.45, 7) is 3.96. The molecule has 1 aromatic carbocycles. The third-order valence-electron chi connectivity index (χ3n) is 2.75. The second-order valence-electron chi connectivity index (χ2n) is 4.27. The zero-order valence-electron chi connectivity index (χ0n) is 9.10. The molecule has 0 radical (unpaired) electrons. The third kappa shape index (κ3) is 1.96. The first kappa shape index (κ1) is 10.4. The van der Waals surface area contributed by atoms with Crippen molar-refractivity contribution in [3.05, 3.63) is 47.5 Å². The van der Waals surface area contributed by atoms with Crippen LogP contribution < -0.4 is 0 Å². The monoisotopic (exact) mass is 204 g/mol. The van der Waals surface area contributed by atoms with Crippen molar-refractivity contribution in [3.63, 3.8) is 0 Å². The molecule has 1 heterocycles. The minimum atomic E-state index is -0.523. The lowest BCUT2D eigenvalue weighted by Crippen LogP contribution is -2.27. The molecule has 1 aliphatic heterocycles. The van der Waals surface area contributed by atoms with Crippen LogP contribution in [0.4, 0.5) is 0 Å². The largest absolute Gasteiger partial charge is 0.393 e. The van der Waals surface area contributed by atoms with Crippen molar-refractivity contribution < 1.29 is 9.84 Å². The van der Waals surface area contributed by atoms with Gasteiger partial charge in [-0.2, -0.15) is 0 Å². The lowest BCUT2D eigenvalue weighted by atomic mass is 10.0. The van der Waals surface area contributed by atoms with Crippen molar-refractivity contribution in [2.45, 2.75) is 25.6 Å².